The lowest BCUT2D eigenvalue weighted by atomic mass is 10.1. The Labute approximate surface area is 117 Å². The quantitative estimate of drug-likeness (QED) is 0.808. The van der Waals surface area contributed by atoms with E-state index in [0.717, 1.165) is 13.6 Å². The molecule has 0 aliphatic rings. The minimum Gasteiger partial charge on any atom is -0.192 e. The van der Waals surface area contributed by atoms with Gasteiger partial charge in [0.1, 0.15) is 12.1 Å². The van der Waals surface area contributed by atoms with Crippen LogP contribution in [0.15, 0.2) is 31.8 Å². The van der Waals surface area contributed by atoms with Gasteiger partial charge >= 0.3 is 0 Å². The Bertz CT molecular complexity index is 651. The van der Waals surface area contributed by atoms with Crippen molar-refractivity contribution in [2.75, 3.05) is 6.26 Å². The van der Waals surface area contributed by atoms with Crippen molar-refractivity contribution in [2.45, 2.75) is 13.6 Å². The molecule has 0 fully saturated rings. The number of hydrogen-bond donors (Lipinski definition) is 0. The van der Waals surface area contributed by atoms with Crippen LogP contribution >= 0.6 is 34.9 Å². The minimum absolute atomic E-state index is 0.386. The van der Waals surface area contributed by atoms with Crippen LogP contribution in [-0.4, -0.2) is 16.5 Å². The van der Waals surface area contributed by atoms with Crippen molar-refractivity contribution in [3.05, 3.63) is 29.3 Å². The van der Waals surface area contributed by atoms with Crippen LogP contribution in [0, 0.1) is 22.7 Å². The normalized spacial score (nSPS) is 9.72. The average molecular weight is 290 g/mol. The van der Waals surface area contributed by atoms with Crippen molar-refractivity contribution in [3.8, 4) is 12.1 Å². The van der Waals surface area contributed by atoms with Gasteiger partial charge in [0.15, 0.2) is 8.68 Å². The fourth-order valence-electron chi connectivity index (χ4n) is 1.20. The van der Waals surface area contributed by atoms with E-state index in [1.54, 1.807) is 23.9 Å². The second kappa shape index (κ2) is 5.87. The van der Waals surface area contributed by atoms with Crippen molar-refractivity contribution in [3.63, 3.8) is 0 Å². The third-order valence-electron chi connectivity index (χ3n) is 2.00. The van der Waals surface area contributed by atoms with Gasteiger partial charge in [-0.25, -0.2) is 0 Å². The summed E-state index contributed by atoms with van der Waals surface area (Å²) in [6.07, 6.45) is 1.95. The van der Waals surface area contributed by atoms with Crippen LogP contribution in [-0.2, 0) is 0 Å². The zero-order valence-electron chi connectivity index (χ0n) is 9.25. The molecule has 88 valence electrons. The Morgan fingerprint density at radius 2 is 1.83 bits per heavy atom. The fraction of sp³-hybridized carbons (Fsp3) is 0.0909. The van der Waals surface area contributed by atoms with E-state index in [1.165, 1.54) is 23.1 Å². The summed E-state index contributed by atoms with van der Waals surface area (Å²) in [5, 5.41) is 25.8. The maximum atomic E-state index is 8.94. The zero-order valence-corrected chi connectivity index (χ0v) is 11.7. The summed E-state index contributed by atoms with van der Waals surface area (Å²) in [7, 11) is 0. The Morgan fingerprint density at radius 3 is 2.44 bits per heavy atom. The standard InChI is InChI=1S/C11H6N4S3/c1-16-10-14-15-11(18-10)17-9-3-2-7(5-12)8(4-9)6-13/h2-4H,1H3. The van der Waals surface area contributed by atoms with E-state index in [9.17, 15) is 0 Å². The van der Waals surface area contributed by atoms with Gasteiger partial charge in [-0.1, -0.05) is 34.9 Å². The molecule has 4 nitrogen and oxygen atoms in total. The van der Waals surface area contributed by atoms with E-state index in [-0.39, 0.29) is 0 Å². The third kappa shape index (κ3) is 2.82. The van der Waals surface area contributed by atoms with Gasteiger partial charge in [-0.3, -0.25) is 0 Å². The average Bonchev–Trinajstić information content (AvgIpc) is 2.86. The van der Waals surface area contributed by atoms with Gasteiger partial charge in [0.2, 0.25) is 0 Å². The Balaban J connectivity index is 2.25. The maximum absolute atomic E-state index is 8.94. The first-order valence-corrected chi connectivity index (χ1v) is 7.62. The number of hydrogen-bond acceptors (Lipinski definition) is 7. The number of aromatic nitrogens is 2. The van der Waals surface area contributed by atoms with Gasteiger partial charge in [-0.2, -0.15) is 10.5 Å². The summed E-state index contributed by atoms with van der Waals surface area (Å²) in [6.45, 7) is 0. The monoisotopic (exact) mass is 290 g/mol. The Kier molecular flexibility index (Phi) is 4.21. The van der Waals surface area contributed by atoms with Crippen LogP contribution in [0.25, 0.3) is 0 Å². The van der Waals surface area contributed by atoms with Crippen LogP contribution in [0.1, 0.15) is 11.1 Å². The first kappa shape index (κ1) is 12.9. The lowest BCUT2D eigenvalue weighted by Crippen LogP contribution is -1.84. The molecular weight excluding hydrogens is 284 g/mol. The van der Waals surface area contributed by atoms with Crippen molar-refractivity contribution in [1.82, 2.24) is 10.2 Å². The van der Waals surface area contributed by atoms with Gasteiger partial charge in [0.05, 0.1) is 11.1 Å². The Morgan fingerprint density at radius 1 is 1.11 bits per heavy atom. The van der Waals surface area contributed by atoms with Gasteiger partial charge < -0.3 is 0 Å². The molecule has 1 aromatic carbocycles. The summed E-state index contributed by atoms with van der Waals surface area (Å²) >= 11 is 4.50. The molecule has 2 rings (SSSR count). The smallest absolute Gasteiger partial charge is 0.179 e. The molecule has 0 saturated carbocycles. The second-order valence-corrected chi connectivity index (χ2v) is 6.42. The largest absolute Gasteiger partial charge is 0.192 e. The fourth-order valence-corrected chi connectivity index (χ4v) is 3.65. The molecule has 0 N–H and O–H groups in total. The van der Waals surface area contributed by atoms with Crippen molar-refractivity contribution in [1.29, 1.82) is 10.5 Å². The number of nitrogens with zero attached hydrogens (tertiary/aromatic N) is 4. The first-order chi connectivity index (χ1) is 8.76. The van der Waals surface area contributed by atoms with E-state index >= 15 is 0 Å². The van der Waals surface area contributed by atoms with Crippen LogP contribution in [0.3, 0.4) is 0 Å². The molecule has 2 aromatic rings. The molecule has 0 unspecified atom stereocenters. The molecule has 1 heterocycles. The highest BCUT2D eigenvalue weighted by Gasteiger charge is 2.08. The molecule has 0 amide bonds. The van der Waals surface area contributed by atoms with Gasteiger partial charge in [-0.05, 0) is 24.5 Å². The number of thioether (sulfide) groups is 1. The van der Waals surface area contributed by atoms with Crippen LogP contribution < -0.4 is 0 Å². The molecule has 0 aliphatic carbocycles. The molecule has 0 bridgehead atoms. The van der Waals surface area contributed by atoms with Crippen LogP contribution in [0.2, 0.25) is 0 Å². The first-order valence-electron chi connectivity index (χ1n) is 4.76. The lowest BCUT2D eigenvalue weighted by Gasteiger charge is -1.99. The van der Waals surface area contributed by atoms with E-state index in [1.807, 2.05) is 24.5 Å². The molecule has 1 aromatic heterocycles. The second-order valence-electron chi connectivity index (χ2n) is 3.07. The van der Waals surface area contributed by atoms with Crippen LogP contribution in [0.5, 0.6) is 0 Å². The number of nitriles is 2. The van der Waals surface area contributed by atoms with E-state index in [0.29, 0.717) is 11.1 Å². The van der Waals surface area contributed by atoms with E-state index < -0.39 is 0 Å². The summed E-state index contributed by atoms with van der Waals surface area (Å²) in [6, 6.07) is 9.16. The minimum atomic E-state index is 0.386. The molecule has 0 radical (unpaired) electrons. The van der Waals surface area contributed by atoms with Gasteiger partial charge in [0.25, 0.3) is 0 Å². The number of benzene rings is 1. The van der Waals surface area contributed by atoms with Crippen molar-refractivity contribution >= 4 is 34.9 Å². The SMILES string of the molecule is CSc1nnc(Sc2ccc(C#N)c(C#N)c2)s1. The van der Waals surface area contributed by atoms with Crippen molar-refractivity contribution in [2.24, 2.45) is 0 Å². The summed E-state index contributed by atoms with van der Waals surface area (Å²) in [5.41, 5.74) is 0.779. The van der Waals surface area contributed by atoms with E-state index in [2.05, 4.69) is 10.2 Å². The highest BCUT2D eigenvalue weighted by Crippen LogP contribution is 2.33. The molecule has 0 atom stereocenters. The predicted octanol–water partition coefficient (Wildman–Crippen LogP) is 3.15. The van der Waals surface area contributed by atoms with Crippen LogP contribution in [0.4, 0.5) is 0 Å². The van der Waals surface area contributed by atoms with Gasteiger partial charge in [0, 0.05) is 4.90 Å². The van der Waals surface area contributed by atoms with E-state index in [4.69, 9.17) is 10.5 Å². The zero-order chi connectivity index (χ0) is 13.0. The summed E-state index contributed by atoms with van der Waals surface area (Å²) < 4.78 is 1.74. The molecule has 7 heteroatoms. The lowest BCUT2D eigenvalue weighted by molar-refractivity contribution is 0.955. The number of rotatable bonds is 3. The molecule has 0 spiro atoms. The Hall–Kier alpha value is -1.54. The molecular formula is C11H6N4S3. The maximum Gasteiger partial charge on any atom is 0.179 e. The van der Waals surface area contributed by atoms with Crippen molar-refractivity contribution < 1.29 is 0 Å². The molecule has 0 saturated heterocycles. The molecule has 18 heavy (non-hydrogen) atoms. The summed E-state index contributed by atoms with van der Waals surface area (Å²) in [4.78, 5) is 0.884. The topological polar surface area (TPSA) is 73.4 Å². The predicted molar refractivity (Wildman–Crippen MR) is 71.7 cm³/mol. The highest BCUT2D eigenvalue weighted by atomic mass is 32.2. The summed E-state index contributed by atoms with van der Waals surface area (Å²) in [5.74, 6) is 0. The third-order valence-corrected chi connectivity index (χ3v) is 4.94. The molecule has 0 aliphatic heterocycles. The van der Waals surface area contributed by atoms with Gasteiger partial charge in [-0.15, -0.1) is 10.2 Å². The highest BCUT2D eigenvalue weighted by molar-refractivity contribution is 8.03.